The van der Waals surface area contributed by atoms with Gasteiger partial charge in [0.05, 0.1) is 22.5 Å². The maximum Gasteiger partial charge on any atom is 0.270 e. The van der Waals surface area contributed by atoms with Gasteiger partial charge in [0, 0.05) is 19.3 Å². The minimum Gasteiger partial charge on any atom is -0.356 e. The molecule has 2 unspecified atom stereocenters. The van der Waals surface area contributed by atoms with Crippen LogP contribution in [0.25, 0.3) is 11.0 Å². The molecule has 2 amide bonds. The number of aryl methyl sites for hydroxylation is 1. The summed E-state index contributed by atoms with van der Waals surface area (Å²) >= 11 is 0. The highest BCUT2D eigenvalue weighted by Crippen LogP contribution is 2.54. The molecule has 2 aromatic heterocycles. The lowest BCUT2D eigenvalue weighted by molar-refractivity contribution is -0.126. The summed E-state index contributed by atoms with van der Waals surface area (Å²) in [7, 11) is 0. The van der Waals surface area contributed by atoms with Crippen LogP contribution in [-0.2, 0) is 17.8 Å². The van der Waals surface area contributed by atoms with Crippen LogP contribution in [0.15, 0.2) is 30.5 Å². The van der Waals surface area contributed by atoms with Crippen molar-refractivity contribution in [2.45, 2.75) is 65.0 Å². The molecule has 2 atom stereocenters. The van der Waals surface area contributed by atoms with E-state index in [4.69, 9.17) is 4.98 Å². The number of rotatable bonds is 9. The Morgan fingerprint density at radius 3 is 2.66 bits per heavy atom. The quantitative estimate of drug-likeness (QED) is 0.439. The van der Waals surface area contributed by atoms with Crippen LogP contribution >= 0.6 is 0 Å². The molecule has 2 saturated carbocycles. The molecular formula is C27H34N6O2. The second kappa shape index (κ2) is 8.50. The van der Waals surface area contributed by atoms with Crippen molar-refractivity contribution in [2.75, 3.05) is 6.54 Å². The van der Waals surface area contributed by atoms with E-state index in [2.05, 4.69) is 32.8 Å². The number of nitrogens with one attached hydrogen (secondary N) is 3. The van der Waals surface area contributed by atoms with E-state index in [-0.39, 0.29) is 23.3 Å². The molecule has 0 radical (unpaired) electrons. The average Bonchev–Trinajstić information content (AvgIpc) is 3.74. The van der Waals surface area contributed by atoms with Gasteiger partial charge in [-0.25, -0.2) is 4.98 Å². The number of nitrogens with zero attached hydrogens (tertiary/aromatic N) is 3. The van der Waals surface area contributed by atoms with Gasteiger partial charge >= 0.3 is 0 Å². The highest BCUT2D eigenvalue weighted by molar-refractivity contribution is 5.92. The van der Waals surface area contributed by atoms with E-state index >= 15 is 0 Å². The number of aromatic amines is 1. The molecular weight excluding hydrogens is 440 g/mol. The van der Waals surface area contributed by atoms with Crippen LogP contribution in [0.3, 0.4) is 0 Å². The molecule has 35 heavy (non-hydrogen) atoms. The summed E-state index contributed by atoms with van der Waals surface area (Å²) in [4.78, 5) is 34.2. The van der Waals surface area contributed by atoms with Gasteiger partial charge in [-0.05, 0) is 87.0 Å². The van der Waals surface area contributed by atoms with Gasteiger partial charge < -0.3 is 15.6 Å². The molecule has 6 rings (SSSR count). The summed E-state index contributed by atoms with van der Waals surface area (Å²) in [5, 5.41) is 10.6. The van der Waals surface area contributed by atoms with Crippen LogP contribution < -0.4 is 10.6 Å². The summed E-state index contributed by atoms with van der Waals surface area (Å²) in [5.41, 5.74) is 3.21. The van der Waals surface area contributed by atoms with Crippen LogP contribution in [0.4, 0.5) is 0 Å². The molecule has 3 heterocycles. The highest BCUT2D eigenvalue weighted by Gasteiger charge is 2.47. The van der Waals surface area contributed by atoms with E-state index in [0.29, 0.717) is 36.4 Å². The number of carbonyl (C=O) groups is 2. The van der Waals surface area contributed by atoms with E-state index < -0.39 is 0 Å². The Labute approximate surface area is 205 Å². The lowest BCUT2D eigenvalue weighted by Crippen LogP contribution is -2.37. The molecule has 1 saturated heterocycles. The number of aromatic nitrogens is 4. The van der Waals surface area contributed by atoms with Gasteiger partial charge in [-0.2, -0.15) is 5.10 Å². The zero-order valence-electron chi connectivity index (χ0n) is 20.5. The van der Waals surface area contributed by atoms with Crippen molar-refractivity contribution in [3.63, 3.8) is 0 Å². The van der Waals surface area contributed by atoms with Gasteiger partial charge in [-0.3, -0.25) is 14.3 Å². The second-order valence-corrected chi connectivity index (χ2v) is 11.0. The molecule has 0 spiro atoms. The lowest BCUT2D eigenvalue weighted by atomic mass is 9.82. The van der Waals surface area contributed by atoms with Crippen molar-refractivity contribution in [3.8, 4) is 0 Å². The predicted octanol–water partition coefficient (Wildman–Crippen LogP) is 3.76. The summed E-state index contributed by atoms with van der Waals surface area (Å²) in [6.45, 7) is 5.43. The number of hydrogen-bond acceptors (Lipinski definition) is 4. The number of carbonyl (C=O) groups excluding carboxylic acids is 2. The minimum atomic E-state index is -0.363. The zero-order valence-corrected chi connectivity index (χ0v) is 20.5. The molecule has 184 valence electrons. The van der Waals surface area contributed by atoms with Gasteiger partial charge in [0.1, 0.15) is 11.5 Å². The van der Waals surface area contributed by atoms with E-state index in [1.165, 1.54) is 25.7 Å². The van der Waals surface area contributed by atoms with E-state index in [1.807, 2.05) is 19.9 Å². The first kappa shape index (κ1) is 22.3. The predicted molar refractivity (Wildman–Crippen MR) is 133 cm³/mol. The van der Waals surface area contributed by atoms with Crippen molar-refractivity contribution in [2.24, 2.45) is 23.2 Å². The molecule has 8 heteroatoms. The summed E-state index contributed by atoms with van der Waals surface area (Å²) in [6, 6.07) is 7.86. The molecule has 1 aliphatic heterocycles. The van der Waals surface area contributed by atoms with Gasteiger partial charge in [0.25, 0.3) is 5.91 Å². The van der Waals surface area contributed by atoms with Crippen molar-refractivity contribution in [1.82, 2.24) is 30.4 Å². The van der Waals surface area contributed by atoms with Gasteiger partial charge in [0.2, 0.25) is 5.91 Å². The number of fused-ring (bicyclic) bond motifs is 1. The van der Waals surface area contributed by atoms with Crippen LogP contribution in [0.5, 0.6) is 0 Å². The van der Waals surface area contributed by atoms with E-state index in [1.54, 1.807) is 16.9 Å². The molecule has 3 aromatic rings. The Bertz CT molecular complexity index is 1260. The van der Waals surface area contributed by atoms with Gasteiger partial charge in [0.15, 0.2) is 0 Å². The Kier molecular flexibility index (Phi) is 5.42. The molecule has 3 fully saturated rings. The van der Waals surface area contributed by atoms with Gasteiger partial charge in [-0.1, -0.05) is 13.0 Å². The largest absolute Gasteiger partial charge is 0.356 e. The van der Waals surface area contributed by atoms with Crippen LogP contribution in [0, 0.1) is 23.2 Å². The first-order valence-corrected chi connectivity index (χ1v) is 13.0. The number of amides is 2. The Morgan fingerprint density at radius 1 is 1.23 bits per heavy atom. The van der Waals surface area contributed by atoms with Crippen molar-refractivity contribution >= 4 is 22.8 Å². The molecule has 1 aromatic carbocycles. The third kappa shape index (κ3) is 4.23. The third-order valence-electron chi connectivity index (χ3n) is 8.22. The standard InChI is InChI=1S/C27H34N6O2/c1-3-33-21(10-12-29-33)25(34)32-23(22(17-5-6-17)18-7-8-18)24-30-19-9-4-16(14-20(19)31-24)15-27(2)11-13-28-26(27)35/h4,9-10,12,14,17-18,22-23H,3,5-8,11,13,15H2,1-2H3,(H,28,35)(H,30,31)(H,32,34). The molecule has 8 nitrogen and oxygen atoms in total. The maximum absolute atomic E-state index is 13.3. The topological polar surface area (TPSA) is 105 Å². The molecule has 2 aliphatic carbocycles. The maximum atomic E-state index is 13.3. The number of imidazole rings is 1. The van der Waals surface area contributed by atoms with Crippen LogP contribution in [0.2, 0.25) is 0 Å². The normalized spacial score (nSPS) is 23.1. The molecule has 0 bridgehead atoms. The lowest BCUT2D eigenvalue weighted by Gasteiger charge is -2.27. The third-order valence-corrected chi connectivity index (χ3v) is 8.22. The summed E-state index contributed by atoms with van der Waals surface area (Å²) in [5.74, 6) is 2.57. The Balaban J connectivity index is 1.31. The monoisotopic (exact) mass is 474 g/mol. The SMILES string of the molecule is CCn1nccc1C(=O)NC(c1nc2ccc(CC3(C)CCNC3=O)cc2[nH]1)C(C1CC1)C1CC1. The first-order chi connectivity index (χ1) is 16.9. The smallest absolute Gasteiger partial charge is 0.270 e. The van der Waals surface area contributed by atoms with Crippen molar-refractivity contribution in [1.29, 1.82) is 0 Å². The first-order valence-electron chi connectivity index (χ1n) is 13.0. The summed E-state index contributed by atoms with van der Waals surface area (Å²) < 4.78 is 1.74. The van der Waals surface area contributed by atoms with E-state index in [9.17, 15) is 9.59 Å². The number of H-pyrrole nitrogens is 1. The fraction of sp³-hybridized carbons (Fsp3) is 0.556. The molecule has 3 N–H and O–H groups in total. The number of hydrogen-bond donors (Lipinski definition) is 3. The minimum absolute atomic E-state index is 0.0954. The van der Waals surface area contributed by atoms with Crippen LogP contribution in [0.1, 0.15) is 73.9 Å². The molecule has 3 aliphatic rings. The highest BCUT2D eigenvalue weighted by atomic mass is 16.2. The Hall–Kier alpha value is -3.16. The Morgan fingerprint density at radius 2 is 2.00 bits per heavy atom. The van der Waals surface area contributed by atoms with Crippen molar-refractivity contribution in [3.05, 3.63) is 47.5 Å². The second-order valence-electron chi connectivity index (χ2n) is 11.0. The number of benzene rings is 1. The fourth-order valence-corrected chi connectivity index (χ4v) is 5.96. The van der Waals surface area contributed by atoms with Crippen molar-refractivity contribution < 1.29 is 9.59 Å². The van der Waals surface area contributed by atoms with E-state index in [0.717, 1.165) is 35.4 Å². The zero-order chi connectivity index (χ0) is 24.2. The fourth-order valence-electron chi connectivity index (χ4n) is 5.96. The van der Waals surface area contributed by atoms with Crippen LogP contribution in [-0.4, -0.2) is 38.1 Å². The average molecular weight is 475 g/mol. The van der Waals surface area contributed by atoms with Gasteiger partial charge in [-0.15, -0.1) is 0 Å². The summed E-state index contributed by atoms with van der Waals surface area (Å²) in [6.07, 6.45) is 8.15.